The molecule has 39 heavy (non-hydrogen) atoms. The molecule has 0 spiro atoms. The van der Waals surface area contributed by atoms with Crippen molar-refractivity contribution >= 4 is 11.8 Å². The highest BCUT2D eigenvalue weighted by atomic mass is 19.1. The highest BCUT2D eigenvalue weighted by molar-refractivity contribution is 5.97. The van der Waals surface area contributed by atoms with Gasteiger partial charge in [-0.1, -0.05) is 12.1 Å². The van der Waals surface area contributed by atoms with Crippen molar-refractivity contribution < 1.29 is 14.0 Å². The normalized spacial score (nSPS) is 19.7. The number of nitrogens with one attached hydrogen (secondary N) is 2. The highest BCUT2D eigenvalue weighted by Gasteiger charge is 2.37. The van der Waals surface area contributed by atoms with Gasteiger partial charge in [0.25, 0.3) is 5.91 Å². The van der Waals surface area contributed by atoms with Crippen LogP contribution in [0.3, 0.4) is 0 Å². The van der Waals surface area contributed by atoms with Crippen molar-refractivity contribution in [3.8, 4) is 6.07 Å². The summed E-state index contributed by atoms with van der Waals surface area (Å²) in [6, 6.07) is 15.0. The minimum atomic E-state index is -0.648. The van der Waals surface area contributed by atoms with E-state index >= 15 is 0 Å². The molecule has 2 heterocycles. The molecule has 0 bridgehead atoms. The van der Waals surface area contributed by atoms with Crippen LogP contribution in [0.15, 0.2) is 61.2 Å². The van der Waals surface area contributed by atoms with E-state index in [4.69, 9.17) is 5.26 Å². The molecule has 3 aromatic rings. The summed E-state index contributed by atoms with van der Waals surface area (Å²) in [6.07, 6.45) is 7.00. The van der Waals surface area contributed by atoms with Gasteiger partial charge in [0, 0.05) is 30.6 Å². The lowest BCUT2D eigenvalue weighted by atomic mass is 10.0. The molecule has 1 saturated heterocycles. The number of hydrogen-bond donors (Lipinski definition) is 2. The van der Waals surface area contributed by atoms with Gasteiger partial charge in [-0.25, -0.2) is 14.1 Å². The molecule has 9 nitrogen and oxygen atoms in total. The van der Waals surface area contributed by atoms with Gasteiger partial charge in [-0.05, 0) is 80.6 Å². The number of likely N-dealkylation sites (tertiary alicyclic amines) is 1. The number of carbonyl (C=O) groups excluding carboxylic acids is 2. The van der Waals surface area contributed by atoms with Crippen LogP contribution in [0, 0.1) is 17.1 Å². The second-order valence-electron chi connectivity index (χ2n) is 10.2. The molecular formula is C29H32FN7O2. The molecule has 202 valence electrons. The Labute approximate surface area is 227 Å². The van der Waals surface area contributed by atoms with Gasteiger partial charge >= 0.3 is 0 Å². The van der Waals surface area contributed by atoms with Crippen molar-refractivity contribution in [1.82, 2.24) is 30.3 Å². The summed E-state index contributed by atoms with van der Waals surface area (Å²) in [5.41, 5.74) is 2.01. The van der Waals surface area contributed by atoms with Crippen LogP contribution in [0.1, 0.15) is 65.5 Å². The van der Waals surface area contributed by atoms with E-state index in [1.165, 1.54) is 18.5 Å². The standard InChI is InChI=1S/C29H32FN7O2/c30-23-9-7-21(8-10-23)25-16-27(25)33-13-1-2-26(35-28(38)22-5-3-20(17-31)4-6-22)29(39)36-14-11-24(12-15-36)37-19-32-18-34-37/h3-10,18-19,24-27,33H,1-2,11-16H2,(H,35,38)/t25-,26-,27+/m0/s1. The Bertz CT molecular complexity index is 1300. The number of halogens is 1. The van der Waals surface area contributed by atoms with E-state index in [9.17, 15) is 14.0 Å². The maximum Gasteiger partial charge on any atom is 0.251 e. The summed E-state index contributed by atoms with van der Waals surface area (Å²) in [5.74, 6) is -0.262. The topological polar surface area (TPSA) is 116 Å². The van der Waals surface area contributed by atoms with E-state index in [2.05, 4.69) is 20.7 Å². The number of nitrogens with zero attached hydrogens (tertiary/aromatic N) is 5. The second-order valence-corrected chi connectivity index (χ2v) is 10.2. The minimum absolute atomic E-state index is 0.0790. The number of rotatable bonds is 10. The van der Waals surface area contributed by atoms with Crippen LogP contribution >= 0.6 is 0 Å². The summed E-state index contributed by atoms with van der Waals surface area (Å²) >= 11 is 0. The first-order chi connectivity index (χ1) is 19.0. The highest BCUT2D eigenvalue weighted by Crippen LogP contribution is 2.40. The number of benzene rings is 2. The van der Waals surface area contributed by atoms with E-state index in [0.29, 0.717) is 55.6 Å². The van der Waals surface area contributed by atoms with Crippen LogP contribution in [-0.2, 0) is 4.79 Å². The van der Waals surface area contributed by atoms with Crippen LogP contribution in [0.5, 0.6) is 0 Å². The first kappa shape index (κ1) is 26.5. The second kappa shape index (κ2) is 12.2. The maximum absolute atomic E-state index is 13.5. The fourth-order valence-electron chi connectivity index (χ4n) is 5.26. The molecule has 5 rings (SSSR count). The monoisotopic (exact) mass is 529 g/mol. The van der Waals surface area contributed by atoms with Crippen molar-refractivity contribution in [3.05, 3.63) is 83.7 Å². The summed E-state index contributed by atoms with van der Waals surface area (Å²) in [6.45, 7) is 1.89. The van der Waals surface area contributed by atoms with Crippen molar-refractivity contribution in [2.24, 2.45) is 0 Å². The van der Waals surface area contributed by atoms with Crippen molar-refractivity contribution in [2.45, 2.75) is 56.1 Å². The zero-order chi connectivity index (χ0) is 27.2. The average molecular weight is 530 g/mol. The fraction of sp³-hybridized carbons (Fsp3) is 0.414. The van der Waals surface area contributed by atoms with Crippen molar-refractivity contribution in [1.29, 1.82) is 5.26 Å². The van der Waals surface area contributed by atoms with Crippen LogP contribution in [0.25, 0.3) is 0 Å². The SMILES string of the molecule is N#Cc1ccc(C(=O)N[C@@H](CCCN[C@@H]2C[C@H]2c2ccc(F)cc2)C(=O)N2CCC(n3cncn3)CC2)cc1. The molecule has 1 aromatic heterocycles. The van der Waals surface area contributed by atoms with Crippen LogP contribution < -0.4 is 10.6 Å². The molecule has 1 aliphatic heterocycles. The van der Waals surface area contributed by atoms with Gasteiger partial charge in [0.05, 0.1) is 17.7 Å². The Morgan fingerprint density at radius 2 is 1.85 bits per heavy atom. The zero-order valence-corrected chi connectivity index (χ0v) is 21.7. The molecule has 2 amide bonds. The van der Waals surface area contributed by atoms with Gasteiger partial charge in [-0.15, -0.1) is 0 Å². The summed E-state index contributed by atoms with van der Waals surface area (Å²) < 4.78 is 15.1. The lowest BCUT2D eigenvalue weighted by Crippen LogP contribution is -2.51. The van der Waals surface area contributed by atoms with Gasteiger partial charge in [-0.2, -0.15) is 10.4 Å². The third-order valence-electron chi connectivity index (χ3n) is 7.63. The van der Waals surface area contributed by atoms with Crippen LogP contribution in [0.2, 0.25) is 0 Å². The third kappa shape index (κ3) is 6.67. The Balaban J connectivity index is 1.16. The van der Waals surface area contributed by atoms with E-state index in [1.54, 1.807) is 30.6 Å². The van der Waals surface area contributed by atoms with Crippen molar-refractivity contribution in [3.63, 3.8) is 0 Å². The third-order valence-corrected chi connectivity index (χ3v) is 7.63. The molecule has 1 saturated carbocycles. The number of carbonyl (C=O) groups is 2. The quantitative estimate of drug-likeness (QED) is 0.390. The number of hydrogen-bond acceptors (Lipinski definition) is 6. The van der Waals surface area contributed by atoms with Gasteiger partial charge in [0.2, 0.25) is 5.91 Å². The van der Waals surface area contributed by atoms with Crippen LogP contribution in [-0.4, -0.2) is 63.2 Å². The molecule has 3 atom stereocenters. The van der Waals surface area contributed by atoms with E-state index in [-0.39, 0.29) is 23.7 Å². The lowest BCUT2D eigenvalue weighted by molar-refractivity contribution is -0.134. The molecule has 1 aliphatic carbocycles. The maximum atomic E-state index is 13.5. The Morgan fingerprint density at radius 3 is 2.51 bits per heavy atom. The summed E-state index contributed by atoms with van der Waals surface area (Å²) in [5, 5.41) is 19.7. The van der Waals surface area contributed by atoms with Gasteiger partial charge in [0.1, 0.15) is 24.5 Å². The minimum Gasteiger partial charge on any atom is -0.341 e. The molecule has 10 heteroatoms. The number of amides is 2. The fourth-order valence-corrected chi connectivity index (χ4v) is 5.26. The molecule has 0 unspecified atom stereocenters. The van der Waals surface area contributed by atoms with Crippen molar-refractivity contribution in [2.75, 3.05) is 19.6 Å². The van der Waals surface area contributed by atoms with Gasteiger partial charge in [-0.3, -0.25) is 9.59 Å². The Kier molecular flexibility index (Phi) is 8.27. The average Bonchev–Trinajstić information content (AvgIpc) is 3.53. The first-order valence-corrected chi connectivity index (χ1v) is 13.4. The zero-order valence-electron chi connectivity index (χ0n) is 21.7. The van der Waals surface area contributed by atoms with E-state index in [1.807, 2.05) is 27.8 Å². The van der Waals surface area contributed by atoms with Gasteiger partial charge in [0.15, 0.2) is 0 Å². The molecule has 2 N–H and O–H groups in total. The largest absolute Gasteiger partial charge is 0.341 e. The molecule has 0 radical (unpaired) electrons. The molecular weight excluding hydrogens is 497 g/mol. The van der Waals surface area contributed by atoms with E-state index < -0.39 is 6.04 Å². The predicted octanol–water partition coefficient (Wildman–Crippen LogP) is 3.18. The summed E-state index contributed by atoms with van der Waals surface area (Å²) in [7, 11) is 0. The number of aromatic nitrogens is 3. The Morgan fingerprint density at radius 1 is 1.10 bits per heavy atom. The predicted molar refractivity (Wildman–Crippen MR) is 142 cm³/mol. The number of nitriles is 1. The smallest absolute Gasteiger partial charge is 0.251 e. The molecule has 2 aromatic carbocycles. The first-order valence-electron chi connectivity index (χ1n) is 13.4. The van der Waals surface area contributed by atoms with E-state index in [0.717, 1.165) is 24.8 Å². The molecule has 2 aliphatic rings. The van der Waals surface area contributed by atoms with Crippen LogP contribution in [0.4, 0.5) is 4.39 Å². The lowest BCUT2D eigenvalue weighted by Gasteiger charge is -2.34. The Hall–Kier alpha value is -4.10. The van der Waals surface area contributed by atoms with Gasteiger partial charge < -0.3 is 15.5 Å². The molecule has 2 fully saturated rings. The number of piperidine rings is 1. The summed E-state index contributed by atoms with van der Waals surface area (Å²) in [4.78, 5) is 32.4.